The first-order valence-electron chi connectivity index (χ1n) is 7.13. The van der Waals surface area contributed by atoms with Gasteiger partial charge in [-0.25, -0.2) is 14.6 Å². The van der Waals surface area contributed by atoms with Gasteiger partial charge in [0.1, 0.15) is 6.33 Å². The molecule has 0 bridgehead atoms. The first-order chi connectivity index (χ1) is 9.72. The van der Waals surface area contributed by atoms with E-state index in [9.17, 15) is 0 Å². The Morgan fingerprint density at radius 1 is 1.25 bits per heavy atom. The van der Waals surface area contributed by atoms with Gasteiger partial charge in [-0.05, 0) is 25.7 Å². The maximum Gasteiger partial charge on any atom is 0.183 e. The van der Waals surface area contributed by atoms with E-state index in [0.717, 1.165) is 36.0 Å². The number of rotatable bonds is 2. The largest absolute Gasteiger partial charge is 0.371 e. The second-order valence-electron chi connectivity index (χ2n) is 5.81. The monoisotopic (exact) mass is 274 g/mol. The third-order valence-corrected chi connectivity index (χ3v) is 4.10. The second kappa shape index (κ2) is 4.37. The molecule has 0 spiro atoms. The molecule has 1 aliphatic heterocycles. The molecule has 20 heavy (non-hydrogen) atoms. The fourth-order valence-electron chi connectivity index (χ4n) is 2.96. The van der Waals surface area contributed by atoms with Crippen LogP contribution < -0.4 is 4.90 Å². The Hall–Kier alpha value is -1.76. The van der Waals surface area contributed by atoms with Crippen LogP contribution in [0, 0.1) is 5.92 Å². The Kier molecular flexibility index (Phi) is 2.63. The van der Waals surface area contributed by atoms with Crippen molar-refractivity contribution in [3.63, 3.8) is 0 Å². The van der Waals surface area contributed by atoms with Crippen molar-refractivity contribution in [2.45, 2.75) is 32.0 Å². The van der Waals surface area contributed by atoms with Gasteiger partial charge in [-0.15, -0.1) is 5.10 Å². The van der Waals surface area contributed by atoms with Crippen molar-refractivity contribution in [2.24, 2.45) is 13.0 Å². The number of nitrogens with zero attached hydrogens (tertiary/aromatic N) is 6. The lowest BCUT2D eigenvalue weighted by molar-refractivity contribution is -0.0273. The molecule has 0 aromatic carbocycles. The predicted octanol–water partition coefficient (Wildman–Crippen LogP) is 0.762. The summed E-state index contributed by atoms with van der Waals surface area (Å²) < 4.78 is 7.74. The van der Waals surface area contributed by atoms with Crippen LogP contribution in [-0.4, -0.2) is 50.3 Å². The molecule has 2 aromatic rings. The minimum atomic E-state index is 0.219. The van der Waals surface area contributed by atoms with Crippen LogP contribution in [0.3, 0.4) is 0 Å². The van der Waals surface area contributed by atoms with Gasteiger partial charge in [0.05, 0.1) is 12.2 Å². The molecule has 2 aliphatic rings. The molecule has 106 valence electrons. The minimum Gasteiger partial charge on any atom is -0.371 e. The fourth-order valence-corrected chi connectivity index (χ4v) is 2.96. The number of hydrogen-bond donors (Lipinski definition) is 0. The number of ether oxygens (including phenoxy) is 1. The van der Waals surface area contributed by atoms with E-state index in [0.29, 0.717) is 6.10 Å². The van der Waals surface area contributed by atoms with Gasteiger partial charge in [0, 0.05) is 20.1 Å². The molecule has 7 heteroatoms. The van der Waals surface area contributed by atoms with Crippen molar-refractivity contribution < 1.29 is 4.74 Å². The zero-order valence-electron chi connectivity index (χ0n) is 11.7. The lowest BCUT2D eigenvalue weighted by Crippen LogP contribution is -2.48. The van der Waals surface area contributed by atoms with Crippen molar-refractivity contribution in [3.8, 4) is 0 Å². The summed E-state index contributed by atoms with van der Waals surface area (Å²) in [7, 11) is 1.85. The number of anilines is 1. The molecule has 0 amide bonds. The zero-order chi connectivity index (χ0) is 13.7. The highest BCUT2D eigenvalue weighted by atomic mass is 16.5. The molecular formula is C13H18N6O. The highest BCUT2D eigenvalue weighted by Crippen LogP contribution is 2.37. The summed E-state index contributed by atoms with van der Waals surface area (Å²) in [6.07, 6.45) is 4.70. The maximum atomic E-state index is 6.05. The topological polar surface area (TPSA) is 69.0 Å². The van der Waals surface area contributed by atoms with Crippen molar-refractivity contribution in [3.05, 3.63) is 6.33 Å². The summed E-state index contributed by atoms with van der Waals surface area (Å²) in [5.41, 5.74) is 1.55. The van der Waals surface area contributed by atoms with Crippen LogP contribution >= 0.6 is 0 Å². The number of aromatic nitrogens is 5. The van der Waals surface area contributed by atoms with E-state index in [1.54, 1.807) is 11.0 Å². The molecule has 1 saturated heterocycles. The summed E-state index contributed by atoms with van der Waals surface area (Å²) in [6, 6.07) is 0. The highest BCUT2D eigenvalue weighted by Gasteiger charge is 2.38. The Morgan fingerprint density at radius 2 is 2.10 bits per heavy atom. The van der Waals surface area contributed by atoms with E-state index < -0.39 is 0 Å². The molecule has 7 nitrogen and oxygen atoms in total. The Morgan fingerprint density at radius 3 is 2.90 bits per heavy atom. The van der Waals surface area contributed by atoms with Crippen LogP contribution in [-0.2, 0) is 11.8 Å². The lowest BCUT2D eigenvalue weighted by atomic mass is 10.1. The molecule has 0 N–H and O–H groups in total. The van der Waals surface area contributed by atoms with Crippen LogP contribution in [0.25, 0.3) is 11.2 Å². The van der Waals surface area contributed by atoms with Crippen LogP contribution in [0.5, 0.6) is 0 Å². The molecule has 0 radical (unpaired) electrons. The van der Waals surface area contributed by atoms with Crippen molar-refractivity contribution >= 4 is 17.0 Å². The number of aryl methyl sites for hydroxylation is 1. The second-order valence-corrected chi connectivity index (χ2v) is 5.81. The van der Waals surface area contributed by atoms with Gasteiger partial charge < -0.3 is 9.64 Å². The van der Waals surface area contributed by atoms with Gasteiger partial charge in [-0.2, -0.15) is 0 Å². The first-order valence-corrected chi connectivity index (χ1v) is 7.13. The van der Waals surface area contributed by atoms with Gasteiger partial charge in [0.2, 0.25) is 0 Å². The molecule has 4 rings (SSSR count). The van der Waals surface area contributed by atoms with E-state index >= 15 is 0 Å². The zero-order valence-corrected chi connectivity index (χ0v) is 11.7. The average molecular weight is 274 g/mol. The van der Waals surface area contributed by atoms with Crippen molar-refractivity contribution in [1.29, 1.82) is 0 Å². The number of fused-ring (bicyclic) bond motifs is 1. The van der Waals surface area contributed by atoms with Gasteiger partial charge in [0.25, 0.3) is 0 Å². The Balaban J connectivity index is 1.70. The third kappa shape index (κ3) is 1.93. The summed E-state index contributed by atoms with van der Waals surface area (Å²) in [4.78, 5) is 11.0. The third-order valence-electron chi connectivity index (χ3n) is 4.10. The van der Waals surface area contributed by atoms with E-state index in [1.807, 2.05) is 7.05 Å². The van der Waals surface area contributed by atoms with E-state index in [4.69, 9.17) is 4.74 Å². The van der Waals surface area contributed by atoms with Gasteiger partial charge in [0.15, 0.2) is 17.0 Å². The van der Waals surface area contributed by atoms with E-state index in [1.165, 1.54) is 12.8 Å². The average Bonchev–Trinajstić information content (AvgIpc) is 3.23. The molecule has 2 atom stereocenters. The highest BCUT2D eigenvalue weighted by molar-refractivity contribution is 5.82. The molecule has 3 heterocycles. The van der Waals surface area contributed by atoms with Gasteiger partial charge >= 0.3 is 0 Å². The van der Waals surface area contributed by atoms with Gasteiger partial charge in [-0.3, -0.25) is 0 Å². The summed E-state index contributed by atoms with van der Waals surface area (Å²) in [5.74, 6) is 1.60. The Bertz CT molecular complexity index is 637. The maximum absolute atomic E-state index is 6.05. The number of morpholine rings is 1. The van der Waals surface area contributed by atoms with Crippen molar-refractivity contribution in [1.82, 2.24) is 25.0 Å². The molecule has 0 unspecified atom stereocenters. The predicted molar refractivity (Wildman–Crippen MR) is 73.4 cm³/mol. The van der Waals surface area contributed by atoms with Crippen LogP contribution in [0.1, 0.15) is 19.8 Å². The molecule has 1 aliphatic carbocycles. The molecular weight excluding hydrogens is 256 g/mol. The SMILES string of the molecule is C[C@@H]1CN(c2ncnc3c2nnn3C)C[C@@H](C2CC2)O1. The fraction of sp³-hybridized carbons (Fsp3) is 0.692. The summed E-state index contributed by atoms with van der Waals surface area (Å²) in [6.45, 7) is 3.85. The minimum absolute atomic E-state index is 0.219. The molecule has 2 fully saturated rings. The molecule has 1 saturated carbocycles. The van der Waals surface area contributed by atoms with Crippen LogP contribution in [0.15, 0.2) is 6.33 Å². The normalized spacial score (nSPS) is 27.2. The van der Waals surface area contributed by atoms with E-state index in [-0.39, 0.29) is 6.10 Å². The van der Waals surface area contributed by atoms with Crippen LogP contribution in [0.4, 0.5) is 5.82 Å². The van der Waals surface area contributed by atoms with Gasteiger partial charge in [-0.1, -0.05) is 5.21 Å². The number of hydrogen-bond acceptors (Lipinski definition) is 6. The standard InChI is InChI=1S/C13H18N6O/c1-8-5-19(6-10(20-8)9-3-4-9)13-11-12(14-7-15-13)18(2)17-16-11/h7-10H,3-6H2,1-2H3/t8-,10+/m1/s1. The van der Waals surface area contributed by atoms with Crippen molar-refractivity contribution in [2.75, 3.05) is 18.0 Å². The molecule has 2 aromatic heterocycles. The summed E-state index contributed by atoms with van der Waals surface area (Å²) in [5, 5.41) is 8.25. The Labute approximate surface area is 116 Å². The lowest BCUT2D eigenvalue weighted by Gasteiger charge is -2.37. The quantitative estimate of drug-likeness (QED) is 0.805. The first kappa shape index (κ1) is 12.0. The van der Waals surface area contributed by atoms with E-state index in [2.05, 4.69) is 32.1 Å². The smallest absolute Gasteiger partial charge is 0.183 e. The van der Waals surface area contributed by atoms with Crippen LogP contribution in [0.2, 0.25) is 0 Å². The summed E-state index contributed by atoms with van der Waals surface area (Å²) >= 11 is 0.